The van der Waals surface area contributed by atoms with E-state index in [4.69, 9.17) is 4.52 Å². The molecule has 0 bridgehead atoms. The van der Waals surface area contributed by atoms with Crippen molar-refractivity contribution in [3.05, 3.63) is 41.5 Å². The number of nitrogens with zero attached hydrogens (tertiary/aromatic N) is 4. The number of amides is 1. The Hall–Kier alpha value is -2.21. The van der Waals surface area contributed by atoms with Gasteiger partial charge in [0.2, 0.25) is 11.8 Å². The first-order valence-corrected chi connectivity index (χ1v) is 8.65. The Morgan fingerprint density at radius 3 is 3.04 bits per heavy atom. The molecule has 24 heavy (non-hydrogen) atoms. The van der Waals surface area contributed by atoms with E-state index in [1.807, 2.05) is 30.0 Å². The fourth-order valence-electron chi connectivity index (χ4n) is 3.81. The van der Waals surface area contributed by atoms with Crippen LogP contribution in [0.15, 0.2) is 28.8 Å². The SMILES string of the molecule is Cc1nc(C2CCCN2CCC(=O)N2CCc3ccccc32)no1. The molecular weight excluding hydrogens is 304 g/mol. The van der Waals surface area contributed by atoms with Crippen LogP contribution in [0.5, 0.6) is 0 Å². The van der Waals surface area contributed by atoms with Crippen molar-refractivity contribution in [3.8, 4) is 0 Å². The molecule has 6 nitrogen and oxygen atoms in total. The number of fused-ring (bicyclic) bond motifs is 1. The second kappa shape index (κ2) is 6.36. The Labute approximate surface area is 141 Å². The summed E-state index contributed by atoms with van der Waals surface area (Å²) in [5.74, 6) is 1.56. The molecule has 2 aromatic rings. The summed E-state index contributed by atoms with van der Waals surface area (Å²) < 4.78 is 5.11. The van der Waals surface area contributed by atoms with Crippen molar-refractivity contribution in [2.75, 3.05) is 24.5 Å². The summed E-state index contributed by atoms with van der Waals surface area (Å²) in [5.41, 5.74) is 2.35. The van der Waals surface area contributed by atoms with Crippen LogP contribution in [0.2, 0.25) is 0 Å². The van der Waals surface area contributed by atoms with Crippen molar-refractivity contribution < 1.29 is 9.32 Å². The highest BCUT2D eigenvalue weighted by Crippen LogP contribution is 2.31. The smallest absolute Gasteiger partial charge is 0.228 e. The van der Waals surface area contributed by atoms with Gasteiger partial charge >= 0.3 is 0 Å². The molecule has 0 radical (unpaired) electrons. The van der Waals surface area contributed by atoms with Crippen LogP contribution in [-0.2, 0) is 11.2 Å². The second-order valence-corrected chi connectivity index (χ2v) is 6.54. The molecule has 1 atom stereocenters. The first-order chi connectivity index (χ1) is 11.7. The van der Waals surface area contributed by atoms with E-state index in [1.165, 1.54) is 5.56 Å². The fourth-order valence-corrected chi connectivity index (χ4v) is 3.81. The number of carbonyl (C=O) groups excluding carboxylic acids is 1. The van der Waals surface area contributed by atoms with Gasteiger partial charge in [0, 0.05) is 32.1 Å². The number of carbonyl (C=O) groups is 1. The first kappa shape index (κ1) is 15.3. The number of anilines is 1. The van der Waals surface area contributed by atoms with Gasteiger partial charge in [0.05, 0.1) is 6.04 Å². The summed E-state index contributed by atoms with van der Waals surface area (Å²) in [6, 6.07) is 8.37. The van der Waals surface area contributed by atoms with Crippen LogP contribution in [0.25, 0.3) is 0 Å². The van der Waals surface area contributed by atoms with E-state index in [1.54, 1.807) is 0 Å². The maximum atomic E-state index is 12.7. The summed E-state index contributed by atoms with van der Waals surface area (Å²) in [6.07, 6.45) is 3.62. The lowest BCUT2D eigenvalue weighted by Crippen LogP contribution is -2.33. The van der Waals surface area contributed by atoms with E-state index in [9.17, 15) is 4.79 Å². The Bertz CT molecular complexity index is 742. The predicted octanol–water partition coefficient (Wildman–Crippen LogP) is 2.49. The highest BCUT2D eigenvalue weighted by molar-refractivity contribution is 5.95. The second-order valence-electron chi connectivity index (χ2n) is 6.54. The van der Waals surface area contributed by atoms with Crippen molar-refractivity contribution in [2.45, 2.75) is 38.6 Å². The van der Waals surface area contributed by atoms with Gasteiger partial charge in [0.25, 0.3) is 0 Å². The van der Waals surface area contributed by atoms with E-state index >= 15 is 0 Å². The number of benzene rings is 1. The maximum Gasteiger partial charge on any atom is 0.228 e. The van der Waals surface area contributed by atoms with Crippen molar-refractivity contribution in [1.82, 2.24) is 15.0 Å². The molecule has 1 aromatic heterocycles. The van der Waals surface area contributed by atoms with Gasteiger partial charge in [0.1, 0.15) is 0 Å². The third-order valence-electron chi connectivity index (χ3n) is 5.01. The molecule has 4 rings (SSSR count). The molecule has 1 saturated heterocycles. The summed E-state index contributed by atoms with van der Waals surface area (Å²) in [7, 11) is 0. The molecule has 0 spiro atoms. The topological polar surface area (TPSA) is 62.5 Å². The zero-order valence-corrected chi connectivity index (χ0v) is 13.9. The van der Waals surface area contributed by atoms with Crippen molar-refractivity contribution in [1.29, 1.82) is 0 Å². The molecule has 0 N–H and O–H groups in total. The maximum absolute atomic E-state index is 12.7. The number of aromatic nitrogens is 2. The van der Waals surface area contributed by atoms with E-state index in [-0.39, 0.29) is 11.9 Å². The molecule has 2 aliphatic rings. The van der Waals surface area contributed by atoms with Gasteiger partial charge in [0.15, 0.2) is 5.82 Å². The zero-order chi connectivity index (χ0) is 16.5. The molecule has 0 aliphatic carbocycles. The molecule has 2 aliphatic heterocycles. The molecule has 0 saturated carbocycles. The Balaban J connectivity index is 1.39. The van der Waals surface area contributed by atoms with E-state index in [0.717, 1.165) is 50.4 Å². The summed E-state index contributed by atoms with van der Waals surface area (Å²) in [5, 5.41) is 4.06. The van der Waals surface area contributed by atoms with E-state index in [0.29, 0.717) is 12.3 Å². The Morgan fingerprint density at radius 2 is 2.21 bits per heavy atom. The lowest BCUT2D eigenvalue weighted by molar-refractivity contribution is -0.118. The minimum atomic E-state index is 0.182. The molecule has 6 heteroatoms. The average molecular weight is 326 g/mol. The van der Waals surface area contributed by atoms with Gasteiger partial charge in [-0.1, -0.05) is 23.4 Å². The Morgan fingerprint density at radius 1 is 1.33 bits per heavy atom. The first-order valence-electron chi connectivity index (χ1n) is 8.65. The van der Waals surface area contributed by atoms with Gasteiger partial charge < -0.3 is 9.42 Å². The lowest BCUT2D eigenvalue weighted by atomic mass is 10.2. The number of rotatable bonds is 4. The number of hydrogen-bond donors (Lipinski definition) is 0. The van der Waals surface area contributed by atoms with Crippen molar-refractivity contribution >= 4 is 11.6 Å². The summed E-state index contributed by atoms with van der Waals surface area (Å²) in [4.78, 5) is 21.3. The van der Waals surface area contributed by atoms with Crippen LogP contribution in [-0.4, -0.2) is 40.6 Å². The quantitative estimate of drug-likeness (QED) is 0.864. The average Bonchev–Trinajstić information content (AvgIpc) is 3.31. The van der Waals surface area contributed by atoms with Crippen LogP contribution in [0.3, 0.4) is 0 Å². The van der Waals surface area contributed by atoms with Gasteiger partial charge in [-0.05, 0) is 37.4 Å². The van der Waals surface area contributed by atoms with Crippen molar-refractivity contribution in [3.63, 3.8) is 0 Å². The predicted molar refractivity (Wildman–Crippen MR) is 89.7 cm³/mol. The van der Waals surface area contributed by atoms with Crippen molar-refractivity contribution in [2.24, 2.45) is 0 Å². The molecule has 1 aromatic carbocycles. The molecular formula is C18H22N4O2. The third-order valence-corrected chi connectivity index (χ3v) is 5.01. The van der Waals surface area contributed by atoms with E-state index < -0.39 is 0 Å². The summed E-state index contributed by atoms with van der Waals surface area (Å²) in [6.45, 7) is 4.34. The minimum Gasteiger partial charge on any atom is -0.340 e. The lowest BCUT2D eigenvalue weighted by Gasteiger charge is -2.23. The Kier molecular flexibility index (Phi) is 4.06. The summed E-state index contributed by atoms with van der Waals surface area (Å²) >= 11 is 0. The molecule has 1 fully saturated rings. The third kappa shape index (κ3) is 2.82. The van der Waals surface area contributed by atoms with Gasteiger partial charge in [-0.15, -0.1) is 0 Å². The largest absolute Gasteiger partial charge is 0.340 e. The molecule has 3 heterocycles. The van der Waals surface area contributed by atoms with E-state index in [2.05, 4.69) is 21.1 Å². The molecule has 1 amide bonds. The number of hydrogen-bond acceptors (Lipinski definition) is 5. The van der Waals surface area contributed by atoms with Gasteiger partial charge in [-0.3, -0.25) is 9.69 Å². The zero-order valence-electron chi connectivity index (χ0n) is 13.9. The number of likely N-dealkylation sites (tertiary alicyclic amines) is 1. The van der Waals surface area contributed by atoms with Gasteiger partial charge in [-0.25, -0.2) is 0 Å². The van der Waals surface area contributed by atoms with Crippen LogP contribution in [0, 0.1) is 6.92 Å². The van der Waals surface area contributed by atoms with Crippen LogP contribution in [0.4, 0.5) is 5.69 Å². The van der Waals surface area contributed by atoms with Crippen LogP contribution >= 0.6 is 0 Å². The molecule has 126 valence electrons. The normalized spacial score (nSPS) is 20.5. The highest BCUT2D eigenvalue weighted by atomic mass is 16.5. The monoisotopic (exact) mass is 326 g/mol. The number of aryl methyl sites for hydroxylation is 1. The van der Waals surface area contributed by atoms with Crippen LogP contribution in [0.1, 0.15) is 42.6 Å². The minimum absolute atomic E-state index is 0.182. The number of para-hydroxylation sites is 1. The standard InChI is InChI=1S/C18H22N4O2/c1-13-19-18(20-24-13)16-7-4-10-21(16)11-9-17(23)22-12-8-14-5-2-3-6-15(14)22/h2-3,5-6,16H,4,7-12H2,1H3. The van der Waals surface area contributed by atoms with Gasteiger partial charge in [-0.2, -0.15) is 4.98 Å². The molecule has 1 unspecified atom stereocenters. The fraction of sp³-hybridized carbons (Fsp3) is 0.500. The van der Waals surface area contributed by atoms with Crippen LogP contribution < -0.4 is 4.90 Å². The highest BCUT2D eigenvalue weighted by Gasteiger charge is 2.31.